The molecule has 28 heavy (non-hydrogen) atoms. The van der Waals surface area contributed by atoms with Gasteiger partial charge in [-0.05, 0) is 43.5 Å². The number of aliphatic carboxylic acids is 1. The molecule has 0 aromatic heterocycles. The zero-order chi connectivity index (χ0) is 20.4. The van der Waals surface area contributed by atoms with Gasteiger partial charge in [0, 0.05) is 12.3 Å². The van der Waals surface area contributed by atoms with E-state index in [9.17, 15) is 19.4 Å². The van der Waals surface area contributed by atoms with Gasteiger partial charge in [0.15, 0.2) is 0 Å². The molecule has 1 saturated heterocycles. The average Bonchev–Trinajstić information content (AvgIpc) is 3.02. The van der Waals surface area contributed by atoms with Crippen LogP contribution in [0.5, 0.6) is 5.75 Å². The number of carbonyl (C=O) groups is 1. The SMILES string of the molecule is O=C(O)CCC/C=C\C[C@H]1[C@@H](O)CO[C@@H]1/C=C/[C@@H](O)COc1ccc(F)cc1. The van der Waals surface area contributed by atoms with Gasteiger partial charge in [0.2, 0.25) is 0 Å². The van der Waals surface area contributed by atoms with Gasteiger partial charge in [0.25, 0.3) is 0 Å². The highest BCUT2D eigenvalue weighted by atomic mass is 19.1. The van der Waals surface area contributed by atoms with Crippen LogP contribution in [0, 0.1) is 11.7 Å². The maximum Gasteiger partial charge on any atom is 0.303 e. The Morgan fingerprint density at radius 2 is 2.07 bits per heavy atom. The number of carboxylic acids is 1. The van der Waals surface area contributed by atoms with Crippen LogP contribution in [0.2, 0.25) is 0 Å². The van der Waals surface area contributed by atoms with E-state index in [1.807, 2.05) is 12.2 Å². The number of unbranched alkanes of at least 4 members (excludes halogenated alkanes) is 1. The number of aliphatic hydroxyl groups excluding tert-OH is 2. The van der Waals surface area contributed by atoms with Crippen molar-refractivity contribution in [1.82, 2.24) is 0 Å². The molecule has 1 aromatic rings. The Labute approximate surface area is 163 Å². The smallest absolute Gasteiger partial charge is 0.303 e. The molecule has 1 aliphatic heterocycles. The van der Waals surface area contributed by atoms with E-state index in [-0.39, 0.29) is 37.5 Å². The van der Waals surface area contributed by atoms with Gasteiger partial charge in [0.1, 0.15) is 24.3 Å². The van der Waals surface area contributed by atoms with Crippen LogP contribution in [0.4, 0.5) is 4.39 Å². The van der Waals surface area contributed by atoms with E-state index in [4.69, 9.17) is 14.6 Å². The Kier molecular flexibility index (Phi) is 9.13. The lowest BCUT2D eigenvalue weighted by atomic mass is 9.94. The Morgan fingerprint density at radius 1 is 1.32 bits per heavy atom. The third kappa shape index (κ3) is 7.80. The number of ether oxygens (including phenoxy) is 2. The predicted molar refractivity (Wildman–Crippen MR) is 102 cm³/mol. The fourth-order valence-electron chi connectivity index (χ4n) is 2.91. The van der Waals surface area contributed by atoms with Gasteiger partial charge < -0.3 is 24.8 Å². The minimum absolute atomic E-state index is 0.0194. The Balaban J connectivity index is 1.75. The standard InChI is InChI=1S/C21H27FO6/c22-15-7-10-17(11-8-15)27-13-16(23)9-12-20-18(19(24)14-28-20)5-3-1-2-4-6-21(25)26/h1,3,7-12,16,18-20,23-24H,2,4-6,13-14H2,(H,25,26)/b3-1-,12-9+/t16-,18+,19+,20-/m1/s1. The summed E-state index contributed by atoms with van der Waals surface area (Å²) in [7, 11) is 0. The molecule has 7 heteroatoms. The fourth-order valence-corrected chi connectivity index (χ4v) is 2.91. The van der Waals surface area contributed by atoms with Crippen LogP contribution in [0.15, 0.2) is 48.6 Å². The predicted octanol–water partition coefficient (Wildman–Crippen LogP) is 2.70. The molecule has 0 aliphatic carbocycles. The summed E-state index contributed by atoms with van der Waals surface area (Å²) < 4.78 is 23.8. The number of halogens is 1. The van der Waals surface area contributed by atoms with Crippen molar-refractivity contribution in [3.8, 4) is 5.75 Å². The molecule has 4 atom stereocenters. The van der Waals surface area contributed by atoms with E-state index in [2.05, 4.69) is 0 Å². The van der Waals surface area contributed by atoms with E-state index < -0.39 is 18.2 Å². The zero-order valence-electron chi connectivity index (χ0n) is 15.6. The Bertz CT molecular complexity index is 657. The quantitative estimate of drug-likeness (QED) is 0.395. The number of rotatable bonds is 11. The monoisotopic (exact) mass is 394 g/mol. The number of carboxylic acid groups (broad SMARTS) is 1. The molecular weight excluding hydrogens is 367 g/mol. The van der Waals surface area contributed by atoms with E-state index in [0.29, 0.717) is 25.0 Å². The van der Waals surface area contributed by atoms with Gasteiger partial charge in [0.05, 0.1) is 18.8 Å². The molecule has 1 aromatic carbocycles. The van der Waals surface area contributed by atoms with Crippen LogP contribution >= 0.6 is 0 Å². The Hall–Kier alpha value is -2.22. The molecule has 0 radical (unpaired) electrons. The molecule has 1 fully saturated rings. The van der Waals surface area contributed by atoms with Crippen LogP contribution < -0.4 is 4.74 Å². The van der Waals surface area contributed by atoms with Crippen LogP contribution in [-0.2, 0) is 9.53 Å². The van der Waals surface area contributed by atoms with Crippen molar-refractivity contribution in [2.75, 3.05) is 13.2 Å². The van der Waals surface area contributed by atoms with E-state index in [1.54, 1.807) is 12.2 Å². The van der Waals surface area contributed by atoms with Crippen molar-refractivity contribution >= 4 is 5.97 Å². The van der Waals surface area contributed by atoms with Crippen LogP contribution in [-0.4, -0.2) is 52.8 Å². The van der Waals surface area contributed by atoms with Gasteiger partial charge >= 0.3 is 5.97 Å². The van der Waals surface area contributed by atoms with E-state index in [0.717, 1.165) is 0 Å². The second-order valence-corrected chi connectivity index (χ2v) is 6.74. The van der Waals surface area contributed by atoms with Crippen LogP contribution in [0.25, 0.3) is 0 Å². The molecule has 1 aliphatic rings. The summed E-state index contributed by atoms with van der Waals surface area (Å²) in [5, 5.41) is 28.7. The van der Waals surface area contributed by atoms with Gasteiger partial charge in [-0.15, -0.1) is 0 Å². The van der Waals surface area contributed by atoms with Gasteiger partial charge in [-0.3, -0.25) is 4.79 Å². The van der Waals surface area contributed by atoms with Crippen molar-refractivity contribution < 1.29 is 34.0 Å². The zero-order valence-corrected chi connectivity index (χ0v) is 15.6. The lowest BCUT2D eigenvalue weighted by Gasteiger charge is -2.16. The molecule has 1 heterocycles. The first-order valence-corrected chi connectivity index (χ1v) is 9.37. The summed E-state index contributed by atoms with van der Waals surface area (Å²) in [4.78, 5) is 10.5. The van der Waals surface area contributed by atoms with Crippen LogP contribution in [0.3, 0.4) is 0 Å². The second kappa shape index (κ2) is 11.6. The first-order valence-electron chi connectivity index (χ1n) is 9.37. The molecule has 0 bridgehead atoms. The molecule has 0 unspecified atom stereocenters. The van der Waals surface area contributed by atoms with Crippen molar-refractivity contribution in [3.63, 3.8) is 0 Å². The summed E-state index contributed by atoms with van der Waals surface area (Å²) in [5.74, 6) is -0.823. The number of hydrogen-bond donors (Lipinski definition) is 3. The van der Waals surface area contributed by atoms with Crippen molar-refractivity contribution in [1.29, 1.82) is 0 Å². The van der Waals surface area contributed by atoms with Crippen LogP contribution in [0.1, 0.15) is 25.7 Å². The third-order valence-corrected chi connectivity index (χ3v) is 4.47. The highest BCUT2D eigenvalue weighted by Crippen LogP contribution is 2.26. The van der Waals surface area contributed by atoms with Crippen molar-refractivity contribution in [2.24, 2.45) is 5.92 Å². The first-order chi connectivity index (χ1) is 13.5. The first kappa shape index (κ1) is 22.1. The van der Waals surface area contributed by atoms with Crippen molar-refractivity contribution in [2.45, 2.75) is 44.0 Å². The fraction of sp³-hybridized carbons (Fsp3) is 0.476. The highest BCUT2D eigenvalue weighted by Gasteiger charge is 2.33. The number of allylic oxidation sites excluding steroid dienone is 2. The normalized spacial score (nSPS) is 23.5. The molecule has 3 N–H and O–H groups in total. The molecule has 154 valence electrons. The maximum atomic E-state index is 12.9. The summed E-state index contributed by atoms with van der Waals surface area (Å²) >= 11 is 0. The van der Waals surface area contributed by atoms with Gasteiger partial charge in [-0.25, -0.2) is 4.39 Å². The van der Waals surface area contributed by atoms with E-state index in [1.165, 1.54) is 24.3 Å². The summed E-state index contributed by atoms with van der Waals surface area (Å²) in [5.41, 5.74) is 0. The van der Waals surface area contributed by atoms with Crippen molar-refractivity contribution in [3.05, 3.63) is 54.4 Å². The largest absolute Gasteiger partial charge is 0.491 e. The number of aliphatic hydroxyl groups is 2. The lowest BCUT2D eigenvalue weighted by molar-refractivity contribution is -0.137. The third-order valence-electron chi connectivity index (χ3n) is 4.47. The summed E-state index contributed by atoms with van der Waals surface area (Å²) in [6.45, 7) is 0.250. The van der Waals surface area contributed by atoms with E-state index >= 15 is 0 Å². The summed E-state index contributed by atoms with van der Waals surface area (Å²) in [6, 6.07) is 5.54. The molecular formula is C21H27FO6. The number of hydrogen-bond acceptors (Lipinski definition) is 5. The average molecular weight is 394 g/mol. The summed E-state index contributed by atoms with van der Waals surface area (Å²) in [6.07, 6.45) is 7.36. The highest BCUT2D eigenvalue weighted by molar-refractivity contribution is 5.66. The Morgan fingerprint density at radius 3 is 2.79 bits per heavy atom. The number of benzene rings is 1. The maximum absolute atomic E-state index is 12.9. The molecule has 0 spiro atoms. The van der Waals surface area contributed by atoms with Gasteiger partial charge in [-0.2, -0.15) is 0 Å². The molecule has 0 amide bonds. The molecule has 6 nitrogen and oxygen atoms in total. The topological polar surface area (TPSA) is 96.2 Å². The van der Waals surface area contributed by atoms with Gasteiger partial charge in [-0.1, -0.05) is 24.3 Å². The molecule has 0 saturated carbocycles. The second-order valence-electron chi connectivity index (χ2n) is 6.74. The lowest BCUT2D eigenvalue weighted by Crippen LogP contribution is -2.23. The minimum Gasteiger partial charge on any atom is -0.491 e. The molecule has 2 rings (SSSR count). The minimum atomic E-state index is -0.862.